The van der Waals surface area contributed by atoms with E-state index < -0.39 is 5.97 Å². The number of nitrogens with one attached hydrogen (secondary N) is 1. The number of carbonyl (C=O) groups is 1. The molecule has 98 valence electrons. The second kappa shape index (κ2) is 5.15. The van der Waals surface area contributed by atoms with Crippen molar-refractivity contribution in [2.24, 2.45) is 0 Å². The first-order chi connectivity index (χ1) is 9.22. The average molecular weight is 273 g/mol. The Morgan fingerprint density at radius 1 is 1.26 bits per heavy atom. The topological polar surface area (TPSA) is 44.6 Å². The molecule has 1 N–H and O–H groups in total. The predicted molar refractivity (Wildman–Crippen MR) is 72.0 cm³/mol. The van der Waals surface area contributed by atoms with Gasteiger partial charge in [0.2, 0.25) is 0 Å². The maximum Gasteiger partial charge on any atom is 0.104 e. The number of carboxylic acids is 1. The monoisotopic (exact) mass is 273 g/mol. The largest absolute Gasteiger partial charge is 0.545 e. The maximum absolute atomic E-state index is 10.7. The zero-order chi connectivity index (χ0) is 13.2. The Hall–Kier alpha value is -1.65. The number of benzene rings is 1. The van der Waals surface area contributed by atoms with Crippen LogP contribution in [0, 0.1) is 0 Å². The summed E-state index contributed by atoms with van der Waals surface area (Å²) in [6.45, 7) is 3.17. The highest BCUT2D eigenvalue weighted by Gasteiger charge is 2.20. The summed E-state index contributed by atoms with van der Waals surface area (Å²) in [7, 11) is 0. The van der Waals surface area contributed by atoms with Gasteiger partial charge >= 0.3 is 0 Å². The molecule has 0 saturated carbocycles. The first-order valence-electron chi connectivity index (χ1n) is 6.41. The normalized spacial score (nSPS) is 18.0. The Morgan fingerprint density at radius 2 is 2.05 bits per heavy atom. The van der Waals surface area contributed by atoms with Gasteiger partial charge in [-0.05, 0) is 17.0 Å². The van der Waals surface area contributed by atoms with Gasteiger partial charge < -0.3 is 14.8 Å². The highest BCUT2D eigenvalue weighted by molar-refractivity contribution is 7.10. The van der Waals surface area contributed by atoms with Crippen molar-refractivity contribution in [3.8, 4) is 0 Å². The van der Waals surface area contributed by atoms with Crippen LogP contribution in [0.4, 0.5) is 0 Å². The number of quaternary nitrogens is 1. The van der Waals surface area contributed by atoms with Crippen LogP contribution in [0.5, 0.6) is 0 Å². The predicted octanol–water partition coefficient (Wildman–Crippen LogP) is 0.253. The Labute approximate surface area is 116 Å². The van der Waals surface area contributed by atoms with Gasteiger partial charge in [-0.15, -0.1) is 11.3 Å². The van der Waals surface area contributed by atoms with Gasteiger partial charge in [-0.3, -0.25) is 0 Å². The van der Waals surface area contributed by atoms with Crippen molar-refractivity contribution >= 4 is 17.3 Å². The van der Waals surface area contributed by atoms with Crippen molar-refractivity contribution in [3.63, 3.8) is 0 Å². The van der Waals surface area contributed by atoms with E-state index in [-0.39, 0.29) is 5.56 Å². The van der Waals surface area contributed by atoms with Crippen LogP contribution in [0.25, 0.3) is 0 Å². The molecule has 19 heavy (non-hydrogen) atoms. The van der Waals surface area contributed by atoms with Gasteiger partial charge in [0, 0.05) is 22.4 Å². The summed E-state index contributed by atoms with van der Waals surface area (Å²) in [5.74, 6) is -1.11. The minimum atomic E-state index is -1.11. The van der Waals surface area contributed by atoms with Crippen molar-refractivity contribution in [2.45, 2.75) is 19.5 Å². The Balaban J connectivity index is 1.68. The summed E-state index contributed by atoms with van der Waals surface area (Å²) in [5, 5.41) is 12.9. The molecule has 1 unspecified atom stereocenters. The van der Waals surface area contributed by atoms with Gasteiger partial charge in [0.1, 0.15) is 13.1 Å². The third-order valence-electron chi connectivity index (χ3n) is 3.63. The van der Waals surface area contributed by atoms with Gasteiger partial charge in [-0.25, -0.2) is 0 Å². The molecule has 0 spiro atoms. The van der Waals surface area contributed by atoms with Gasteiger partial charge in [-0.2, -0.15) is 0 Å². The number of thiophene rings is 1. The minimum absolute atomic E-state index is 0.248. The molecule has 0 fully saturated rings. The lowest BCUT2D eigenvalue weighted by molar-refractivity contribution is -0.929. The second-order valence-corrected chi connectivity index (χ2v) is 5.96. The van der Waals surface area contributed by atoms with Crippen LogP contribution in [0.3, 0.4) is 0 Å². The highest BCUT2D eigenvalue weighted by atomic mass is 32.1. The van der Waals surface area contributed by atoms with E-state index in [2.05, 4.69) is 11.4 Å². The van der Waals surface area contributed by atoms with Crippen molar-refractivity contribution in [1.29, 1.82) is 0 Å². The van der Waals surface area contributed by atoms with Crippen LogP contribution in [-0.4, -0.2) is 12.5 Å². The number of aromatic carboxylic acids is 1. The fourth-order valence-corrected chi connectivity index (χ4v) is 3.50. The van der Waals surface area contributed by atoms with Crippen LogP contribution in [0.15, 0.2) is 35.7 Å². The van der Waals surface area contributed by atoms with Crippen molar-refractivity contribution in [2.75, 3.05) is 6.54 Å². The lowest BCUT2D eigenvalue weighted by atomic mass is 10.1. The Kier molecular flexibility index (Phi) is 3.36. The molecule has 3 rings (SSSR count). The molecule has 0 amide bonds. The van der Waals surface area contributed by atoms with Gasteiger partial charge in [0.25, 0.3) is 0 Å². The van der Waals surface area contributed by atoms with Crippen molar-refractivity contribution in [3.05, 3.63) is 57.3 Å². The van der Waals surface area contributed by atoms with E-state index in [1.54, 1.807) is 12.1 Å². The number of carboxylic acid groups (broad SMARTS) is 1. The molecule has 1 aliphatic rings. The quantitative estimate of drug-likeness (QED) is 0.871. The third-order valence-corrected chi connectivity index (χ3v) is 4.65. The Bertz CT molecular complexity index is 588. The molecular formula is C15H15NO2S. The van der Waals surface area contributed by atoms with Gasteiger partial charge in [0.15, 0.2) is 0 Å². The molecule has 0 radical (unpaired) electrons. The number of hydrogen-bond acceptors (Lipinski definition) is 3. The molecule has 2 heterocycles. The molecule has 2 aromatic rings. The van der Waals surface area contributed by atoms with Crippen LogP contribution in [0.2, 0.25) is 0 Å². The molecule has 1 atom stereocenters. The highest BCUT2D eigenvalue weighted by Crippen LogP contribution is 2.18. The van der Waals surface area contributed by atoms with E-state index in [0.717, 1.165) is 26.1 Å². The zero-order valence-electron chi connectivity index (χ0n) is 10.5. The zero-order valence-corrected chi connectivity index (χ0v) is 11.3. The van der Waals surface area contributed by atoms with Crippen LogP contribution >= 0.6 is 11.3 Å². The molecule has 4 heteroatoms. The Morgan fingerprint density at radius 3 is 2.79 bits per heavy atom. The summed E-state index contributed by atoms with van der Waals surface area (Å²) in [6, 6.07) is 9.26. The second-order valence-electron chi connectivity index (χ2n) is 4.96. The lowest BCUT2D eigenvalue weighted by Gasteiger charge is -2.24. The van der Waals surface area contributed by atoms with E-state index in [9.17, 15) is 9.90 Å². The summed E-state index contributed by atoms with van der Waals surface area (Å²) >= 11 is 1.85. The number of carbonyl (C=O) groups excluding carboxylic acids is 1. The third kappa shape index (κ3) is 2.69. The number of fused-ring (bicyclic) bond motifs is 1. The van der Waals surface area contributed by atoms with E-state index >= 15 is 0 Å². The molecule has 1 aromatic heterocycles. The van der Waals surface area contributed by atoms with Crippen molar-refractivity contribution < 1.29 is 14.8 Å². The summed E-state index contributed by atoms with van der Waals surface area (Å²) < 4.78 is 0. The molecule has 3 nitrogen and oxygen atoms in total. The van der Waals surface area contributed by atoms with E-state index in [1.807, 2.05) is 23.5 Å². The lowest BCUT2D eigenvalue weighted by Crippen LogP contribution is -3.10. The maximum atomic E-state index is 10.7. The van der Waals surface area contributed by atoms with Crippen LogP contribution in [0.1, 0.15) is 26.4 Å². The smallest absolute Gasteiger partial charge is 0.104 e. The van der Waals surface area contributed by atoms with Crippen molar-refractivity contribution in [1.82, 2.24) is 0 Å². The number of rotatable bonds is 3. The van der Waals surface area contributed by atoms with E-state index in [0.29, 0.717) is 0 Å². The SMILES string of the molecule is O=C([O-])c1ccc(C[NH+]2CCc3sccc3C2)cc1. The first kappa shape index (κ1) is 12.4. The van der Waals surface area contributed by atoms with Gasteiger partial charge in [-0.1, -0.05) is 24.3 Å². The molecular weight excluding hydrogens is 258 g/mol. The van der Waals surface area contributed by atoms with Gasteiger partial charge in [0.05, 0.1) is 12.5 Å². The standard InChI is InChI=1S/C15H15NO2S/c17-15(18)12-3-1-11(2-4-12)9-16-7-5-14-13(10-16)6-8-19-14/h1-4,6,8H,5,7,9-10H2,(H,17,18). The summed E-state index contributed by atoms with van der Waals surface area (Å²) in [6.07, 6.45) is 1.15. The minimum Gasteiger partial charge on any atom is -0.545 e. The first-order valence-corrected chi connectivity index (χ1v) is 7.29. The van der Waals surface area contributed by atoms with Crippen LogP contribution < -0.4 is 10.0 Å². The van der Waals surface area contributed by atoms with Crippen LogP contribution in [-0.2, 0) is 19.5 Å². The molecule has 0 saturated heterocycles. The molecule has 1 aliphatic heterocycles. The fraction of sp³-hybridized carbons (Fsp3) is 0.267. The number of hydrogen-bond donors (Lipinski definition) is 1. The summed E-state index contributed by atoms with van der Waals surface area (Å²) in [4.78, 5) is 13.8. The molecule has 1 aromatic carbocycles. The van der Waals surface area contributed by atoms with E-state index in [1.165, 1.54) is 20.9 Å². The summed E-state index contributed by atoms with van der Waals surface area (Å²) in [5.41, 5.74) is 2.90. The average Bonchev–Trinajstić information content (AvgIpc) is 2.87. The fourth-order valence-electron chi connectivity index (χ4n) is 2.59. The molecule has 0 aliphatic carbocycles. The van der Waals surface area contributed by atoms with E-state index in [4.69, 9.17) is 0 Å². The molecule has 0 bridgehead atoms.